The van der Waals surface area contributed by atoms with Crippen LogP contribution in [0.2, 0.25) is 0 Å². The van der Waals surface area contributed by atoms with Gasteiger partial charge in [0.15, 0.2) is 0 Å². The van der Waals surface area contributed by atoms with Crippen molar-refractivity contribution in [1.29, 1.82) is 0 Å². The first-order chi connectivity index (χ1) is 15.9. The third kappa shape index (κ3) is 5.55. The van der Waals surface area contributed by atoms with E-state index >= 15 is 0 Å². The van der Waals surface area contributed by atoms with Crippen LogP contribution in [-0.2, 0) is 27.8 Å². The van der Waals surface area contributed by atoms with E-state index in [1.807, 2.05) is 6.07 Å². The molecule has 0 radical (unpaired) electrons. The lowest BCUT2D eigenvalue weighted by Crippen LogP contribution is -2.35. The first kappa shape index (κ1) is 23.7. The van der Waals surface area contributed by atoms with Gasteiger partial charge in [-0.1, -0.05) is 6.07 Å². The van der Waals surface area contributed by atoms with E-state index in [0.29, 0.717) is 17.0 Å². The number of anilines is 1. The fourth-order valence-corrected chi connectivity index (χ4v) is 6.42. The van der Waals surface area contributed by atoms with Gasteiger partial charge in [0, 0.05) is 24.5 Å². The van der Waals surface area contributed by atoms with Crippen molar-refractivity contribution in [3.8, 4) is 5.75 Å². The molecule has 1 fully saturated rings. The van der Waals surface area contributed by atoms with Gasteiger partial charge < -0.3 is 9.47 Å². The summed E-state index contributed by atoms with van der Waals surface area (Å²) in [6, 6.07) is 12.7. The third-order valence-electron chi connectivity index (χ3n) is 5.60. The second-order valence-corrected chi connectivity index (χ2v) is 10.8. The van der Waals surface area contributed by atoms with Crippen LogP contribution in [0.3, 0.4) is 0 Å². The number of sulfonamides is 1. The number of hydrogen-bond donors (Lipinski definition) is 0. The van der Waals surface area contributed by atoms with Gasteiger partial charge in [0.05, 0.1) is 37.5 Å². The van der Waals surface area contributed by atoms with Crippen molar-refractivity contribution in [2.75, 3.05) is 37.7 Å². The van der Waals surface area contributed by atoms with E-state index in [1.165, 1.54) is 27.8 Å². The van der Waals surface area contributed by atoms with Gasteiger partial charge in [0.25, 0.3) is 10.0 Å². The number of morpholine rings is 1. The quantitative estimate of drug-likeness (QED) is 0.468. The molecule has 0 unspecified atom stereocenters. The van der Waals surface area contributed by atoms with Crippen LogP contribution in [0, 0.1) is 12.7 Å². The molecule has 176 valence electrons. The Kier molecular flexibility index (Phi) is 7.33. The molecule has 1 aliphatic heterocycles. The summed E-state index contributed by atoms with van der Waals surface area (Å²) in [7, 11) is -2.45. The van der Waals surface area contributed by atoms with E-state index in [-0.39, 0.29) is 11.4 Å². The lowest BCUT2D eigenvalue weighted by molar-refractivity contribution is 0.0342. The topological polar surface area (TPSA) is 59.1 Å². The average molecular weight is 491 g/mol. The van der Waals surface area contributed by atoms with E-state index in [1.54, 1.807) is 38.3 Å². The first-order valence-electron chi connectivity index (χ1n) is 10.7. The normalized spacial score (nSPS) is 14.9. The Labute approximate surface area is 198 Å². The number of halogens is 1. The van der Waals surface area contributed by atoms with E-state index in [2.05, 4.69) is 10.3 Å². The molecule has 2 heterocycles. The minimum atomic E-state index is -4.01. The molecule has 0 N–H and O–H groups in total. The van der Waals surface area contributed by atoms with Gasteiger partial charge in [0.2, 0.25) is 0 Å². The molecule has 1 saturated heterocycles. The highest BCUT2D eigenvalue weighted by Gasteiger charge is 2.28. The molecule has 6 nitrogen and oxygen atoms in total. The summed E-state index contributed by atoms with van der Waals surface area (Å²) < 4.78 is 53.3. The minimum Gasteiger partial charge on any atom is -0.497 e. The molecular formula is C24H27FN2O4S2. The van der Waals surface area contributed by atoms with Gasteiger partial charge in [-0.3, -0.25) is 9.21 Å². The Bertz CT molecular complexity index is 1190. The van der Waals surface area contributed by atoms with E-state index in [0.717, 1.165) is 49.4 Å². The van der Waals surface area contributed by atoms with Crippen LogP contribution in [0.15, 0.2) is 58.8 Å². The lowest BCUT2D eigenvalue weighted by Gasteiger charge is -2.26. The summed E-state index contributed by atoms with van der Waals surface area (Å²) >= 11 is 1.52. The Morgan fingerprint density at radius 2 is 1.85 bits per heavy atom. The number of ether oxygens (including phenoxy) is 2. The molecule has 0 spiro atoms. The van der Waals surface area contributed by atoms with Crippen LogP contribution >= 0.6 is 11.3 Å². The number of rotatable bonds is 8. The molecule has 0 amide bonds. The predicted octanol–water partition coefficient (Wildman–Crippen LogP) is 4.43. The Balaban J connectivity index is 1.65. The molecule has 1 aromatic heterocycles. The molecule has 1 aliphatic rings. The molecule has 0 atom stereocenters. The van der Waals surface area contributed by atoms with Crippen LogP contribution < -0.4 is 9.04 Å². The maximum Gasteiger partial charge on any atom is 0.265 e. The minimum absolute atomic E-state index is 0.0385. The van der Waals surface area contributed by atoms with Crippen LogP contribution in [0.1, 0.15) is 16.0 Å². The summed E-state index contributed by atoms with van der Waals surface area (Å²) in [6.45, 7) is 5.86. The third-order valence-corrected chi connectivity index (χ3v) is 8.48. The summed E-state index contributed by atoms with van der Waals surface area (Å²) in [4.78, 5) is 3.19. The highest BCUT2D eigenvalue weighted by atomic mass is 32.2. The average Bonchev–Trinajstić information content (AvgIpc) is 3.26. The number of benzene rings is 2. The van der Waals surface area contributed by atoms with Crippen LogP contribution in [0.5, 0.6) is 5.75 Å². The Hall–Kier alpha value is -2.46. The highest BCUT2D eigenvalue weighted by molar-refractivity contribution is 7.92. The second-order valence-electron chi connectivity index (χ2n) is 7.93. The molecule has 0 bridgehead atoms. The maximum absolute atomic E-state index is 14.0. The summed E-state index contributed by atoms with van der Waals surface area (Å²) in [5, 5.41) is 2.07. The highest BCUT2D eigenvalue weighted by Crippen LogP contribution is 2.31. The summed E-state index contributed by atoms with van der Waals surface area (Å²) in [6.07, 6.45) is 0. The smallest absolute Gasteiger partial charge is 0.265 e. The van der Waals surface area contributed by atoms with Crippen molar-refractivity contribution >= 4 is 27.0 Å². The van der Waals surface area contributed by atoms with Crippen LogP contribution in [0.25, 0.3) is 0 Å². The van der Waals surface area contributed by atoms with Gasteiger partial charge in [-0.15, -0.1) is 11.3 Å². The van der Waals surface area contributed by atoms with E-state index < -0.39 is 15.8 Å². The molecule has 3 aromatic rings. The summed E-state index contributed by atoms with van der Waals surface area (Å²) in [5.41, 5.74) is 2.13. The van der Waals surface area contributed by atoms with E-state index in [4.69, 9.17) is 9.47 Å². The standard InChI is InChI=1S/C24H27FN2O4S2/c1-18-3-4-20(25)14-24(18)33(28,29)27(21-5-7-22(30-2)8-6-21)16-23-13-19(17-32-23)15-26-9-11-31-12-10-26/h3-8,13-14,17H,9-12,15-16H2,1-2H3. The van der Waals surface area contributed by atoms with Crippen LogP contribution in [-0.4, -0.2) is 46.7 Å². The van der Waals surface area contributed by atoms with Crippen molar-refractivity contribution in [2.45, 2.75) is 24.9 Å². The fourth-order valence-electron chi connectivity index (χ4n) is 3.79. The number of thiophene rings is 1. The molecule has 0 saturated carbocycles. The van der Waals surface area contributed by atoms with Crippen molar-refractivity contribution < 1.29 is 22.3 Å². The zero-order valence-corrected chi connectivity index (χ0v) is 20.3. The van der Waals surface area contributed by atoms with Crippen molar-refractivity contribution in [2.24, 2.45) is 0 Å². The predicted molar refractivity (Wildman–Crippen MR) is 128 cm³/mol. The number of aryl methyl sites for hydroxylation is 1. The van der Waals surface area contributed by atoms with Gasteiger partial charge >= 0.3 is 0 Å². The van der Waals surface area contributed by atoms with Gasteiger partial charge in [-0.25, -0.2) is 12.8 Å². The SMILES string of the molecule is COc1ccc(N(Cc2cc(CN3CCOCC3)cs2)S(=O)(=O)c2cc(F)ccc2C)cc1. The van der Waals surface area contributed by atoms with Gasteiger partial charge in [-0.05, 0) is 65.9 Å². The molecule has 2 aromatic carbocycles. The van der Waals surface area contributed by atoms with Crippen molar-refractivity contribution in [3.05, 3.63) is 75.7 Å². The maximum atomic E-state index is 14.0. The van der Waals surface area contributed by atoms with E-state index in [9.17, 15) is 12.8 Å². The fraction of sp³-hybridized carbons (Fsp3) is 0.333. The molecule has 0 aliphatic carbocycles. The van der Waals surface area contributed by atoms with Gasteiger partial charge in [-0.2, -0.15) is 0 Å². The monoisotopic (exact) mass is 490 g/mol. The molecule has 9 heteroatoms. The molecule has 33 heavy (non-hydrogen) atoms. The van der Waals surface area contributed by atoms with Gasteiger partial charge in [0.1, 0.15) is 11.6 Å². The van der Waals surface area contributed by atoms with Crippen molar-refractivity contribution in [1.82, 2.24) is 4.90 Å². The number of hydrogen-bond acceptors (Lipinski definition) is 6. The molecule has 4 rings (SSSR count). The Morgan fingerprint density at radius 3 is 2.55 bits per heavy atom. The zero-order valence-electron chi connectivity index (χ0n) is 18.7. The Morgan fingerprint density at radius 1 is 1.12 bits per heavy atom. The summed E-state index contributed by atoms with van der Waals surface area (Å²) in [5.74, 6) is 0.0414. The second kappa shape index (κ2) is 10.2. The number of methoxy groups -OCH3 is 1. The van der Waals surface area contributed by atoms with Crippen LogP contribution in [0.4, 0.5) is 10.1 Å². The van der Waals surface area contributed by atoms with Crippen molar-refractivity contribution in [3.63, 3.8) is 0 Å². The molecular weight excluding hydrogens is 463 g/mol. The first-order valence-corrected chi connectivity index (χ1v) is 13.0. The largest absolute Gasteiger partial charge is 0.497 e. The lowest BCUT2D eigenvalue weighted by atomic mass is 10.2. The zero-order chi connectivity index (χ0) is 23.4. The number of nitrogens with zero attached hydrogens (tertiary/aromatic N) is 2.